The second-order valence-electron chi connectivity index (χ2n) is 11.7. The van der Waals surface area contributed by atoms with E-state index in [9.17, 15) is 0 Å². The van der Waals surface area contributed by atoms with Gasteiger partial charge in [0.1, 0.15) is 0 Å². The van der Waals surface area contributed by atoms with E-state index in [0.29, 0.717) is 0 Å². The van der Waals surface area contributed by atoms with Crippen LogP contribution in [0.15, 0.2) is 0 Å². The highest BCUT2D eigenvalue weighted by Gasteiger charge is 2.21. The minimum absolute atomic E-state index is 0.820. The lowest BCUT2D eigenvalue weighted by Crippen LogP contribution is -2.48. The Kier molecular flexibility index (Phi) is 24.1. The molecule has 0 N–H and O–H groups in total. The highest BCUT2D eigenvalue weighted by atomic mass is 15.3. The smallest absolute Gasteiger partial charge is 0.0807 e. The molecule has 0 aromatic carbocycles. The van der Waals surface area contributed by atoms with Crippen LogP contribution < -0.4 is 0 Å². The van der Waals surface area contributed by atoms with Crippen LogP contribution in [0, 0.1) is 5.92 Å². The third-order valence-corrected chi connectivity index (χ3v) is 7.41. The number of rotatable bonds is 26. The van der Waals surface area contributed by atoms with Gasteiger partial charge in [-0.25, -0.2) is 0 Å². The van der Waals surface area contributed by atoms with Gasteiger partial charge < -0.3 is 4.48 Å². The average Bonchev–Trinajstić information content (AvgIpc) is 2.75. The van der Waals surface area contributed by atoms with Crippen molar-refractivity contribution in [2.24, 2.45) is 5.92 Å². The van der Waals surface area contributed by atoms with Crippen LogP contribution in [0.4, 0.5) is 0 Å². The highest BCUT2D eigenvalue weighted by molar-refractivity contribution is 4.53. The number of unbranched alkanes of at least 4 members (excludes halogenated alkanes) is 20. The molecule has 32 heavy (non-hydrogen) atoms. The molecule has 0 saturated heterocycles. The number of hydrogen-bond donors (Lipinski definition) is 0. The predicted molar refractivity (Wildman–Crippen MR) is 149 cm³/mol. The SMILES string of the molecule is CCCCCCCCCCCCC[N+](C)(CCCCCCCCCCCCC)CC(C)C. The molecule has 0 aliphatic carbocycles. The van der Waals surface area contributed by atoms with Gasteiger partial charge in [-0.1, -0.05) is 143 Å². The Labute approximate surface area is 206 Å². The molecule has 0 rings (SSSR count). The Morgan fingerprint density at radius 1 is 0.406 bits per heavy atom. The average molecular weight is 453 g/mol. The van der Waals surface area contributed by atoms with Crippen LogP contribution >= 0.6 is 0 Å². The second kappa shape index (κ2) is 24.1. The van der Waals surface area contributed by atoms with Crippen molar-refractivity contribution in [3.05, 3.63) is 0 Å². The summed E-state index contributed by atoms with van der Waals surface area (Å²) in [6.07, 6.45) is 32.0. The van der Waals surface area contributed by atoms with Crippen molar-refractivity contribution in [2.75, 3.05) is 26.7 Å². The molecule has 0 aliphatic heterocycles. The number of hydrogen-bond acceptors (Lipinski definition) is 0. The normalized spacial score (nSPS) is 12.2. The molecule has 0 saturated carbocycles. The van der Waals surface area contributed by atoms with Gasteiger partial charge in [-0.15, -0.1) is 0 Å². The Morgan fingerprint density at radius 2 is 0.656 bits per heavy atom. The topological polar surface area (TPSA) is 0 Å². The van der Waals surface area contributed by atoms with Crippen molar-refractivity contribution in [1.29, 1.82) is 0 Å². The van der Waals surface area contributed by atoms with E-state index in [-0.39, 0.29) is 0 Å². The zero-order chi connectivity index (χ0) is 23.8. The summed E-state index contributed by atoms with van der Waals surface area (Å²) in [5.41, 5.74) is 0. The third kappa shape index (κ3) is 23.1. The zero-order valence-corrected chi connectivity index (χ0v) is 23.7. The minimum Gasteiger partial charge on any atom is -0.326 e. The fourth-order valence-electron chi connectivity index (χ4n) is 5.49. The lowest BCUT2D eigenvalue weighted by molar-refractivity contribution is -0.912. The molecule has 0 fully saturated rings. The lowest BCUT2D eigenvalue weighted by atomic mass is 10.0. The van der Waals surface area contributed by atoms with E-state index < -0.39 is 0 Å². The molecule has 1 nitrogen and oxygen atoms in total. The summed E-state index contributed by atoms with van der Waals surface area (Å²) in [6.45, 7) is 13.6. The first-order valence-corrected chi connectivity index (χ1v) is 15.4. The molecule has 0 radical (unpaired) electrons. The van der Waals surface area contributed by atoms with Crippen molar-refractivity contribution in [3.63, 3.8) is 0 Å². The van der Waals surface area contributed by atoms with Gasteiger partial charge in [0.25, 0.3) is 0 Å². The molecular weight excluding hydrogens is 386 g/mol. The first-order valence-electron chi connectivity index (χ1n) is 15.4. The first-order chi connectivity index (χ1) is 15.5. The summed E-state index contributed by atoms with van der Waals surface area (Å²) < 4.78 is 1.33. The highest BCUT2D eigenvalue weighted by Crippen LogP contribution is 2.17. The van der Waals surface area contributed by atoms with Crippen molar-refractivity contribution in [2.45, 2.75) is 169 Å². The molecule has 1 heteroatoms. The predicted octanol–water partition coefficient (Wildman–Crippen LogP) is 10.7. The van der Waals surface area contributed by atoms with Crippen molar-refractivity contribution >= 4 is 0 Å². The summed E-state index contributed by atoms with van der Waals surface area (Å²) in [5.74, 6) is 0.820. The quantitative estimate of drug-likeness (QED) is 0.0903. The minimum atomic E-state index is 0.820. The zero-order valence-electron chi connectivity index (χ0n) is 23.7. The molecule has 0 amide bonds. The molecule has 0 spiro atoms. The van der Waals surface area contributed by atoms with Gasteiger partial charge in [-0.3, -0.25) is 0 Å². The molecule has 0 aromatic rings. The lowest BCUT2D eigenvalue weighted by Gasteiger charge is -2.36. The molecule has 0 heterocycles. The summed E-state index contributed by atoms with van der Waals surface area (Å²) in [5, 5.41) is 0. The Balaban J connectivity index is 3.72. The summed E-state index contributed by atoms with van der Waals surface area (Å²) >= 11 is 0. The van der Waals surface area contributed by atoms with Gasteiger partial charge in [0.05, 0.1) is 26.7 Å². The fourth-order valence-corrected chi connectivity index (χ4v) is 5.49. The van der Waals surface area contributed by atoms with E-state index in [2.05, 4.69) is 34.7 Å². The summed E-state index contributed by atoms with van der Waals surface area (Å²) in [4.78, 5) is 0. The Bertz CT molecular complexity index is 322. The van der Waals surface area contributed by atoms with E-state index in [1.807, 2.05) is 0 Å². The van der Waals surface area contributed by atoms with Gasteiger partial charge in [-0.05, 0) is 25.7 Å². The number of nitrogens with zero attached hydrogens (tertiary/aromatic N) is 1. The van der Waals surface area contributed by atoms with Gasteiger partial charge in [0.15, 0.2) is 0 Å². The van der Waals surface area contributed by atoms with Crippen LogP contribution in [0.3, 0.4) is 0 Å². The molecule has 0 aliphatic rings. The van der Waals surface area contributed by atoms with E-state index in [1.54, 1.807) is 0 Å². The maximum Gasteiger partial charge on any atom is 0.0807 e. The summed E-state index contributed by atoms with van der Waals surface area (Å²) in [7, 11) is 2.55. The van der Waals surface area contributed by atoms with Crippen molar-refractivity contribution in [1.82, 2.24) is 0 Å². The summed E-state index contributed by atoms with van der Waals surface area (Å²) in [6, 6.07) is 0. The van der Waals surface area contributed by atoms with Crippen LogP contribution in [0.25, 0.3) is 0 Å². The van der Waals surface area contributed by atoms with Gasteiger partial charge in [0, 0.05) is 5.92 Å². The maximum absolute atomic E-state index is 2.55. The van der Waals surface area contributed by atoms with Gasteiger partial charge in [-0.2, -0.15) is 0 Å². The van der Waals surface area contributed by atoms with E-state index >= 15 is 0 Å². The first kappa shape index (κ1) is 32.0. The molecule has 0 atom stereocenters. The molecule has 0 bridgehead atoms. The fraction of sp³-hybridized carbons (Fsp3) is 1.00. The molecule has 0 unspecified atom stereocenters. The molecular formula is C31H66N+. The standard InChI is InChI=1S/C31H66N/c1-6-8-10-12-14-16-18-20-22-24-26-28-32(5,30-31(3)4)29-27-25-23-21-19-17-15-13-11-9-7-2/h31H,6-30H2,1-5H3/q+1. The van der Waals surface area contributed by atoms with E-state index in [1.165, 1.54) is 165 Å². The van der Waals surface area contributed by atoms with Gasteiger partial charge >= 0.3 is 0 Å². The maximum atomic E-state index is 2.55. The van der Waals surface area contributed by atoms with Crippen LogP contribution in [-0.2, 0) is 0 Å². The third-order valence-electron chi connectivity index (χ3n) is 7.41. The Morgan fingerprint density at radius 3 is 0.906 bits per heavy atom. The van der Waals surface area contributed by atoms with Gasteiger partial charge in [0.2, 0.25) is 0 Å². The number of quaternary nitrogens is 1. The van der Waals surface area contributed by atoms with Crippen molar-refractivity contribution < 1.29 is 4.48 Å². The molecule has 194 valence electrons. The van der Waals surface area contributed by atoms with Crippen LogP contribution in [0.2, 0.25) is 0 Å². The molecule has 0 aromatic heterocycles. The largest absolute Gasteiger partial charge is 0.326 e. The Hall–Kier alpha value is -0.0400. The van der Waals surface area contributed by atoms with Crippen LogP contribution in [-0.4, -0.2) is 31.2 Å². The van der Waals surface area contributed by atoms with E-state index in [4.69, 9.17) is 0 Å². The van der Waals surface area contributed by atoms with E-state index in [0.717, 1.165) is 5.92 Å². The van der Waals surface area contributed by atoms with Crippen LogP contribution in [0.5, 0.6) is 0 Å². The monoisotopic (exact) mass is 453 g/mol. The van der Waals surface area contributed by atoms with Crippen molar-refractivity contribution in [3.8, 4) is 0 Å². The second-order valence-corrected chi connectivity index (χ2v) is 11.7. The van der Waals surface area contributed by atoms with Crippen LogP contribution in [0.1, 0.15) is 169 Å².